The quantitative estimate of drug-likeness (QED) is 0.843. The third-order valence-electron chi connectivity index (χ3n) is 2.14. The summed E-state index contributed by atoms with van der Waals surface area (Å²) in [5.41, 5.74) is 1.32. The summed E-state index contributed by atoms with van der Waals surface area (Å²) < 4.78 is 0. The number of nitrogens with one attached hydrogen (secondary N) is 1. The van der Waals surface area contributed by atoms with Crippen LogP contribution in [0, 0.1) is 0 Å². The van der Waals surface area contributed by atoms with Crippen molar-refractivity contribution in [3.05, 3.63) is 29.8 Å². The Kier molecular flexibility index (Phi) is 4.05. The minimum Gasteiger partial charge on any atom is -0.345 e. The Morgan fingerprint density at radius 1 is 1.19 bits per heavy atom. The number of hydrogen-bond donors (Lipinski definition) is 1. The van der Waals surface area contributed by atoms with Crippen LogP contribution < -0.4 is 5.32 Å². The van der Waals surface area contributed by atoms with Crippen LogP contribution in [0.2, 0.25) is 0 Å². The summed E-state index contributed by atoms with van der Waals surface area (Å²) in [6, 6.07) is 6.86. The lowest BCUT2D eigenvalue weighted by molar-refractivity contribution is -0.115. The molecule has 1 aromatic rings. The maximum atomic E-state index is 11.6. The largest absolute Gasteiger partial charge is 0.345 e. The average molecular weight is 220 g/mol. The van der Waals surface area contributed by atoms with Crippen molar-refractivity contribution < 1.29 is 9.59 Å². The van der Waals surface area contributed by atoms with Crippen molar-refractivity contribution in [2.45, 2.75) is 13.3 Å². The lowest BCUT2D eigenvalue weighted by Gasteiger charge is -2.10. The molecule has 0 aliphatic rings. The number of benzene rings is 1. The molecule has 0 heterocycles. The molecule has 4 nitrogen and oxygen atoms in total. The molecule has 0 aliphatic heterocycles. The molecule has 0 spiro atoms. The molecule has 2 amide bonds. The fraction of sp³-hybridized carbons (Fsp3) is 0.333. The van der Waals surface area contributed by atoms with Crippen molar-refractivity contribution in [2.75, 3.05) is 19.4 Å². The Morgan fingerprint density at radius 3 is 2.19 bits per heavy atom. The van der Waals surface area contributed by atoms with Crippen molar-refractivity contribution in [1.29, 1.82) is 0 Å². The molecular formula is C12H16N2O2. The molecular weight excluding hydrogens is 204 g/mol. The van der Waals surface area contributed by atoms with Gasteiger partial charge in [-0.05, 0) is 24.3 Å². The van der Waals surface area contributed by atoms with Gasteiger partial charge >= 0.3 is 0 Å². The highest BCUT2D eigenvalue weighted by Gasteiger charge is 2.07. The summed E-state index contributed by atoms with van der Waals surface area (Å²) in [6.45, 7) is 1.79. The predicted octanol–water partition coefficient (Wildman–Crippen LogP) is 1.74. The van der Waals surface area contributed by atoms with E-state index in [-0.39, 0.29) is 11.8 Å². The van der Waals surface area contributed by atoms with Gasteiger partial charge in [-0.1, -0.05) is 6.92 Å². The van der Waals surface area contributed by atoms with E-state index in [4.69, 9.17) is 0 Å². The molecule has 0 aliphatic carbocycles. The summed E-state index contributed by atoms with van der Waals surface area (Å²) >= 11 is 0. The second-order valence-electron chi connectivity index (χ2n) is 3.68. The summed E-state index contributed by atoms with van der Waals surface area (Å²) in [4.78, 5) is 24.2. The summed E-state index contributed by atoms with van der Waals surface area (Å²) in [5.74, 6) is -0.0833. The second kappa shape index (κ2) is 5.30. The van der Waals surface area contributed by atoms with Gasteiger partial charge < -0.3 is 10.2 Å². The van der Waals surface area contributed by atoms with E-state index in [1.165, 1.54) is 4.90 Å². The van der Waals surface area contributed by atoms with Gasteiger partial charge in [-0.3, -0.25) is 9.59 Å². The lowest BCUT2D eigenvalue weighted by Crippen LogP contribution is -2.21. The van der Waals surface area contributed by atoms with Crippen LogP contribution in [0.25, 0.3) is 0 Å². The number of carbonyl (C=O) groups excluding carboxylic acids is 2. The number of carbonyl (C=O) groups is 2. The van der Waals surface area contributed by atoms with E-state index in [0.717, 1.165) is 0 Å². The highest BCUT2D eigenvalue weighted by atomic mass is 16.2. The number of nitrogens with zero attached hydrogens (tertiary/aromatic N) is 1. The van der Waals surface area contributed by atoms with Gasteiger partial charge in [0.05, 0.1) is 0 Å². The molecule has 0 saturated heterocycles. The Morgan fingerprint density at radius 2 is 1.75 bits per heavy atom. The Hall–Kier alpha value is -1.84. The lowest BCUT2D eigenvalue weighted by atomic mass is 10.2. The van der Waals surface area contributed by atoms with Gasteiger partial charge in [0.15, 0.2) is 0 Å². The van der Waals surface area contributed by atoms with Crippen LogP contribution in [0.15, 0.2) is 24.3 Å². The third-order valence-corrected chi connectivity index (χ3v) is 2.14. The van der Waals surface area contributed by atoms with Crippen LogP contribution >= 0.6 is 0 Å². The van der Waals surface area contributed by atoms with Crippen LogP contribution in [-0.2, 0) is 4.79 Å². The van der Waals surface area contributed by atoms with Crippen molar-refractivity contribution in [3.8, 4) is 0 Å². The average Bonchev–Trinajstić information content (AvgIpc) is 2.28. The topological polar surface area (TPSA) is 49.4 Å². The Balaban J connectivity index is 2.75. The van der Waals surface area contributed by atoms with Crippen molar-refractivity contribution >= 4 is 17.5 Å². The van der Waals surface area contributed by atoms with Gasteiger partial charge in [0, 0.05) is 31.8 Å². The zero-order valence-electron chi connectivity index (χ0n) is 9.78. The molecule has 0 fully saturated rings. The van der Waals surface area contributed by atoms with Gasteiger partial charge in [0.2, 0.25) is 5.91 Å². The van der Waals surface area contributed by atoms with Crippen molar-refractivity contribution in [3.63, 3.8) is 0 Å². The molecule has 86 valence electrons. The standard InChI is InChI=1S/C12H16N2O2/c1-4-11(15)13-10-7-5-9(6-8-10)12(16)14(2)3/h5-8H,4H2,1-3H3,(H,13,15). The van der Waals surface area contributed by atoms with Crippen LogP contribution in [0.4, 0.5) is 5.69 Å². The molecule has 0 saturated carbocycles. The SMILES string of the molecule is CCC(=O)Nc1ccc(C(=O)N(C)C)cc1. The van der Waals surface area contributed by atoms with E-state index in [1.807, 2.05) is 0 Å². The first-order chi connectivity index (χ1) is 7.54. The second-order valence-corrected chi connectivity index (χ2v) is 3.68. The van der Waals surface area contributed by atoms with E-state index in [2.05, 4.69) is 5.32 Å². The third kappa shape index (κ3) is 3.08. The van der Waals surface area contributed by atoms with Gasteiger partial charge in [0.1, 0.15) is 0 Å². The van der Waals surface area contributed by atoms with Gasteiger partial charge in [-0.15, -0.1) is 0 Å². The molecule has 1 N–H and O–H groups in total. The molecule has 0 bridgehead atoms. The molecule has 4 heteroatoms. The molecule has 1 aromatic carbocycles. The monoisotopic (exact) mass is 220 g/mol. The van der Waals surface area contributed by atoms with Crippen LogP contribution in [-0.4, -0.2) is 30.8 Å². The van der Waals surface area contributed by atoms with E-state index >= 15 is 0 Å². The minimum absolute atomic E-state index is 0.0355. The first-order valence-corrected chi connectivity index (χ1v) is 5.16. The summed E-state index contributed by atoms with van der Waals surface area (Å²) in [6.07, 6.45) is 0.443. The van der Waals surface area contributed by atoms with Crippen molar-refractivity contribution in [1.82, 2.24) is 4.90 Å². The van der Waals surface area contributed by atoms with E-state index < -0.39 is 0 Å². The Labute approximate surface area is 95.3 Å². The highest BCUT2D eigenvalue weighted by molar-refractivity contribution is 5.95. The smallest absolute Gasteiger partial charge is 0.253 e. The normalized spacial score (nSPS) is 9.69. The predicted molar refractivity (Wildman–Crippen MR) is 63.4 cm³/mol. The highest BCUT2D eigenvalue weighted by Crippen LogP contribution is 2.10. The number of hydrogen-bond acceptors (Lipinski definition) is 2. The minimum atomic E-state index is -0.0478. The summed E-state index contributed by atoms with van der Waals surface area (Å²) in [5, 5.41) is 2.72. The molecule has 0 aromatic heterocycles. The Bertz CT molecular complexity index is 383. The van der Waals surface area contributed by atoms with E-state index in [0.29, 0.717) is 17.7 Å². The molecule has 0 radical (unpaired) electrons. The van der Waals surface area contributed by atoms with E-state index in [1.54, 1.807) is 45.3 Å². The maximum absolute atomic E-state index is 11.6. The first kappa shape index (κ1) is 12.2. The van der Waals surface area contributed by atoms with Crippen molar-refractivity contribution in [2.24, 2.45) is 0 Å². The maximum Gasteiger partial charge on any atom is 0.253 e. The number of anilines is 1. The zero-order chi connectivity index (χ0) is 12.1. The zero-order valence-corrected chi connectivity index (χ0v) is 9.78. The molecule has 0 unspecified atom stereocenters. The fourth-order valence-electron chi connectivity index (χ4n) is 1.20. The van der Waals surface area contributed by atoms with Gasteiger partial charge in [-0.25, -0.2) is 0 Å². The van der Waals surface area contributed by atoms with E-state index in [9.17, 15) is 9.59 Å². The number of rotatable bonds is 3. The molecule has 0 atom stereocenters. The van der Waals surface area contributed by atoms with Crippen LogP contribution in [0.3, 0.4) is 0 Å². The van der Waals surface area contributed by atoms with Crippen LogP contribution in [0.5, 0.6) is 0 Å². The molecule has 16 heavy (non-hydrogen) atoms. The van der Waals surface area contributed by atoms with Gasteiger partial charge in [-0.2, -0.15) is 0 Å². The fourth-order valence-corrected chi connectivity index (χ4v) is 1.20. The number of amides is 2. The van der Waals surface area contributed by atoms with Gasteiger partial charge in [0.25, 0.3) is 5.91 Å². The van der Waals surface area contributed by atoms with Crippen LogP contribution in [0.1, 0.15) is 23.7 Å². The first-order valence-electron chi connectivity index (χ1n) is 5.16. The summed E-state index contributed by atoms with van der Waals surface area (Å²) in [7, 11) is 3.41. The molecule has 1 rings (SSSR count).